The van der Waals surface area contributed by atoms with Crippen LogP contribution in [0.2, 0.25) is 10.0 Å². The number of hydrogen-bond donors (Lipinski definition) is 1. The zero-order valence-corrected chi connectivity index (χ0v) is 12.8. The second kappa shape index (κ2) is 5.84. The van der Waals surface area contributed by atoms with E-state index in [1.165, 1.54) is 22.6 Å². The molecule has 1 nitrogen and oxygen atoms in total. The second-order valence-corrected chi connectivity index (χ2v) is 6.57. The lowest BCUT2D eigenvalue weighted by Crippen LogP contribution is -2.16. The molecule has 1 aliphatic rings. The molecule has 0 amide bonds. The number of halogens is 3. The van der Waals surface area contributed by atoms with Crippen molar-refractivity contribution in [2.75, 3.05) is 11.1 Å². The Labute approximate surface area is 131 Å². The van der Waals surface area contributed by atoms with Gasteiger partial charge in [0.1, 0.15) is 5.82 Å². The summed E-state index contributed by atoms with van der Waals surface area (Å²) in [5.74, 6) is 0.607. The van der Waals surface area contributed by atoms with Gasteiger partial charge in [-0.3, -0.25) is 0 Å². The van der Waals surface area contributed by atoms with Crippen molar-refractivity contribution in [3.8, 4) is 0 Å². The molecule has 0 saturated carbocycles. The van der Waals surface area contributed by atoms with Crippen molar-refractivity contribution in [1.82, 2.24) is 0 Å². The van der Waals surface area contributed by atoms with Crippen molar-refractivity contribution in [3.63, 3.8) is 0 Å². The lowest BCUT2D eigenvalue weighted by molar-refractivity contribution is 0.628. The van der Waals surface area contributed by atoms with Gasteiger partial charge in [0.25, 0.3) is 0 Å². The molecule has 1 heterocycles. The van der Waals surface area contributed by atoms with E-state index in [0.29, 0.717) is 15.7 Å². The number of anilines is 1. The highest BCUT2D eigenvalue weighted by Crippen LogP contribution is 2.40. The van der Waals surface area contributed by atoms with Crippen LogP contribution in [0.25, 0.3) is 0 Å². The van der Waals surface area contributed by atoms with E-state index in [1.807, 2.05) is 23.9 Å². The largest absolute Gasteiger partial charge is 0.376 e. The van der Waals surface area contributed by atoms with Crippen molar-refractivity contribution < 1.29 is 4.39 Å². The highest BCUT2D eigenvalue weighted by molar-refractivity contribution is 7.99. The molecule has 1 atom stereocenters. The summed E-state index contributed by atoms with van der Waals surface area (Å²) >= 11 is 14.0. The maximum absolute atomic E-state index is 13.2. The molecule has 1 N–H and O–H groups in total. The predicted molar refractivity (Wildman–Crippen MR) is 84.6 cm³/mol. The number of benzene rings is 2. The highest BCUT2D eigenvalue weighted by Gasteiger charge is 2.22. The summed E-state index contributed by atoms with van der Waals surface area (Å²) < 4.78 is 13.2. The first kappa shape index (κ1) is 14.1. The van der Waals surface area contributed by atoms with Crippen LogP contribution in [0.4, 0.5) is 10.1 Å². The first-order valence-electron chi connectivity index (χ1n) is 6.28. The fourth-order valence-corrected chi connectivity index (χ4v) is 4.04. The summed E-state index contributed by atoms with van der Waals surface area (Å²) in [5.41, 5.74) is 1.83. The third-order valence-corrected chi connectivity index (χ3v) is 5.00. The number of rotatable bonds is 2. The van der Waals surface area contributed by atoms with Crippen LogP contribution in [-0.4, -0.2) is 5.75 Å². The van der Waals surface area contributed by atoms with Gasteiger partial charge in [0.05, 0.1) is 21.8 Å². The molecule has 0 radical (unpaired) electrons. The van der Waals surface area contributed by atoms with Crippen LogP contribution in [0.15, 0.2) is 41.3 Å². The number of fused-ring (bicyclic) bond motifs is 1. The molecule has 104 valence electrons. The van der Waals surface area contributed by atoms with Gasteiger partial charge in [-0.2, -0.15) is 0 Å². The van der Waals surface area contributed by atoms with Gasteiger partial charge in [-0.1, -0.05) is 41.4 Å². The molecule has 1 aliphatic heterocycles. The summed E-state index contributed by atoms with van der Waals surface area (Å²) in [4.78, 5) is 1.27. The van der Waals surface area contributed by atoms with Gasteiger partial charge >= 0.3 is 0 Å². The molecule has 1 unspecified atom stereocenters. The molecule has 0 fully saturated rings. The van der Waals surface area contributed by atoms with Crippen LogP contribution in [0.3, 0.4) is 0 Å². The van der Waals surface area contributed by atoms with E-state index in [-0.39, 0.29) is 6.04 Å². The van der Waals surface area contributed by atoms with Gasteiger partial charge in [-0.15, -0.1) is 11.8 Å². The van der Waals surface area contributed by atoms with E-state index in [1.54, 1.807) is 0 Å². The maximum atomic E-state index is 13.2. The Morgan fingerprint density at radius 3 is 2.60 bits per heavy atom. The molecule has 0 spiro atoms. The summed E-state index contributed by atoms with van der Waals surface area (Å²) in [6.07, 6.45) is 0.978. The standard InChI is InChI=1S/C15H12Cl2FNS/c16-11-7-9(18)8-12(17)15(11)19-13-5-6-20-14-4-2-1-3-10(13)14/h1-4,7-8,13,19H,5-6H2. The Bertz CT molecular complexity index is 625. The lowest BCUT2D eigenvalue weighted by atomic mass is 10.0. The summed E-state index contributed by atoms with van der Waals surface area (Å²) in [5, 5.41) is 3.98. The smallest absolute Gasteiger partial charge is 0.126 e. The van der Waals surface area contributed by atoms with E-state index in [9.17, 15) is 4.39 Å². The van der Waals surface area contributed by atoms with E-state index in [4.69, 9.17) is 23.2 Å². The van der Waals surface area contributed by atoms with Crippen molar-refractivity contribution in [2.45, 2.75) is 17.4 Å². The minimum atomic E-state index is -0.426. The summed E-state index contributed by atoms with van der Waals surface area (Å²) in [6, 6.07) is 11.0. The van der Waals surface area contributed by atoms with E-state index >= 15 is 0 Å². The number of thioether (sulfide) groups is 1. The fourth-order valence-electron chi connectivity index (χ4n) is 2.35. The minimum Gasteiger partial charge on any atom is -0.376 e. The van der Waals surface area contributed by atoms with Gasteiger partial charge < -0.3 is 5.32 Å². The zero-order chi connectivity index (χ0) is 14.1. The molecule has 5 heteroatoms. The lowest BCUT2D eigenvalue weighted by Gasteiger charge is -2.27. The van der Waals surface area contributed by atoms with Crippen molar-refractivity contribution >= 4 is 40.7 Å². The van der Waals surface area contributed by atoms with Crippen molar-refractivity contribution in [1.29, 1.82) is 0 Å². The second-order valence-electron chi connectivity index (χ2n) is 4.62. The average molecular weight is 328 g/mol. The Balaban J connectivity index is 1.94. The molecule has 0 saturated heterocycles. The van der Waals surface area contributed by atoms with E-state index in [2.05, 4.69) is 17.4 Å². The average Bonchev–Trinajstić information content (AvgIpc) is 2.43. The predicted octanol–water partition coefficient (Wildman–Crippen LogP) is 5.78. The molecule has 3 rings (SSSR count). The van der Waals surface area contributed by atoms with Crippen LogP contribution < -0.4 is 5.32 Å². The van der Waals surface area contributed by atoms with Gasteiger partial charge in [0.15, 0.2) is 0 Å². The van der Waals surface area contributed by atoms with Crippen molar-refractivity contribution in [2.24, 2.45) is 0 Å². The van der Waals surface area contributed by atoms with Crippen LogP contribution in [-0.2, 0) is 0 Å². The van der Waals surface area contributed by atoms with Gasteiger partial charge in [0.2, 0.25) is 0 Å². The van der Waals surface area contributed by atoms with E-state index in [0.717, 1.165) is 12.2 Å². The van der Waals surface area contributed by atoms with Gasteiger partial charge in [0, 0.05) is 10.6 Å². The normalized spacial score (nSPS) is 17.6. The molecule has 2 aromatic carbocycles. The molecule has 2 aromatic rings. The Morgan fingerprint density at radius 1 is 1.15 bits per heavy atom. The molecular formula is C15H12Cl2FNS. The van der Waals surface area contributed by atoms with E-state index < -0.39 is 5.82 Å². The first-order chi connectivity index (χ1) is 9.65. The Morgan fingerprint density at radius 2 is 1.85 bits per heavy atom. The summed E-state index contributed by atoms with van der Waals surface area (Å²) in [6.45, 7) is 0. The van der Waals surface area contributed by atoms with Gasteiger partial charge in [-0.25, -0.2) is 4.39 Å². The Hall–Kier alpha value is -0.900. The summed E-state index contributed by atoms with van der Waals surface area (Å²) in [7, 11) is 0. The van der Waals surface area contributed by atoms with Gasteiger partial charge in [-0.05, 0) is 30.2 Å². The fraction of sp³-hybridized carbons (Fsp3) is 0.200. The Kier molecular flexibility index (Phi) is 4.11. The SMILES string of the molecule is Fc1cc(Cl)c(NC2CCSc3ccccc32)c(Cl)c1. The minimum absolute atomic E-state index is 0.146. The van der Waals surface area contributed by atoms with Crippen molar-refractivity contribution in [3.05, 3.63) is 57.8 Å². The maximum Gasteiger partial charge on any atom is 0.126 e. The number of nitrogens with one attached hydrogen (secondary N) is 1. The molecule has 0 aliphatic carbocycles. The number of hydrogen-bond acceptors (Lipinski definition) is 2. The van der Waals surface area contributed by atoms with Crippen LogP contribution in [0, 0.1) is 5.82 Å². The third kappa shape index (κ3) is 2.76. The first-order valence-corrected chi connectivity index (χ1v) is 8.02. The molecular weight excluding hydrogens is 316 g/mol. The molecule has 0 aromatic heterocycles. The highest BCUT2D eigenvalue weighted by atomic mass is 35.5. The van der Waals surface area contributed by atoms with Crippen LogP contribution in [0.1, 0.15) is 18.0 Å². The topological polar surface area (TPSA) is 12.0 Å². The quantitative estimate of drug-likeness (QED) is 0.750. The zero-order valence-electron chi connectivity index (χ0n) is 10.5. The molecule has 0 bridgehead atoms. The van der Waals surface area contributed by atoms with Crippen LogP contribution >= 0.6 is 35.0 Å². The monoisotopic (exact) mass is 327 g/mol. The molecule has 20 heavy (non-hydrogen) atoms. The third-order valence-electron chi connectivity index (χ3n) is 3.28. The van der Waals surface area contributed by atoms with Crippen LogP contribution in [0.5, 0.6) is 0 Å².